The number of nitrogens with one attached hydrogen (secondary N) is 2. The van der Waals surface area contributed by atoms with Crippen molar-refractivity contribution in [3.8, 4) is 0 Å². The van der Waals surface area contributed by atoms with Gasteiger partial charge >= 0.3 is 0 Å². The lowest BCUT2D eigenvalue weighted by Crippen LogP contribution is -2.45. The van der Waals surface area contributed by atoms with Gasteiger partial charge in [0.1, 0.15) is 5.60 Å². The van der Waals surface area contributed by atoms with Gasteiger partial charge in [-0.2, -0.15) is 0 Å². The smallest absolute Gasteiger partial charge is 0.230 e. The van der Waals surface area contributed by atoms with Crippen LogP contribution in [0.2, 0.25) is 0 Å². The third-order valence-corrected chi connectivity index (χ3v) is 7.86. The molecular formula is C26H32N4O4. The summed E-state index contributed by atoms with van der Waals surface area (Å²) in [7, 11) is 0. The predicted molar refractivity (Wildman–Crippen MR) is 127 cm³/mol. The molecule has 5 heterocycles. The lowest BCUT2D eigenvalue weighted by atomic mass is 9.77. The first kappa shape index (κ1) is 21.8. The van der Waals surface area contributed by atoms with E-state index in [0.717, 1.165) is 51.2 Å². The van der Waals surface area contributed by atoms with E-state index in [4.69, 9.17) is 9.47 Å². The van der Waals surface area contributed by atoms with Crippen molar-refractivity contribution < 1.29 is 19.1 Å². The number of likely N-dealkylation sites (tertiary alicyclic amines) is 1. The van der Waals surface area contributed by atoms with Gasteiger partial charge in [0.25, 0.3) is 0 Å². The number of morpholine rings is 1. The second-order valence-electron chi connectivity index (χ2n) is 9.87. The number of para-hydroxylation sites is 1. The van der Waals surface area contributed by atoms with Crippen molar-refractivity contribution in [1.29, 1.82) is 0 Å². The minimum atomic E-state index is -0.655. The molecule has 2 N–H and O–H groups in total. The van der Waals surface area contributed by atoms with Gasteiger partial charge in [-0.25, -0.2) is 0 Å². The monoisotopic (exact) mass is 464 g/mol. The number of aromatic amines is 1. The minimum Gasteiger partial charge on any atom is -0.379 e. The standard InChI is InChI=1S/C26H32N4O4/c31-24(27-9-3-10-29-12-14-33-15-13-29)22-21-6-8-26(34-21)17-30(25(32)23(22)26)11-7-18-16-28-20-5-2-1-4-19(18)20/h1-2,4-6,8,16,21-23,28H,3,7,9-15,17H2,(H,27,31)/t21-,22-,23+,26-/m1/s1. The molecule has 8 nitrogen and oxygen atoms in total. The number of benzene rings is 1. The zero-order valence-electron chi connectivity index (χ0n) is 19.4. The van der Waals surface area contributed by atoms with Crippen LogP contribution in [0.4, 0.5) is 0 Å². The summed E-state index contributed by atoms with van der Waals surface area (Å²) in [6.07, 6.45) is 7.38. The summed E-state index contributed by atoms with van der Waals surface area (Å²) in [5, 5.41) is 4.28. The second kappa shape index (κ2) is 8.83. The molecule has 6 rings (SSSR count). The lowest BCUT2D eigenvalue weighted by molar-refractivity contribution is -0.137. The summed E-state index contributed by atoms with van der Waals surface area (Å²) in [6.45, 7) is 6.16. The molecule has 180 valence electrons. The first-order valence-electron chi connectivity index (χ1n) is 12.4. The summed E-state index contributed by atoms with van der Waals surface area (Å²) >= 11 is 0. The Labute approximate surface area is 199 Å². The Morgan fingerprint density at radius 1 is 1.21 bits per heavy atom. The topological polar surface area (TPSA) is 86.9 Å². The van der Waals surface area contributed by atoms with Crippen LogP contribution in [0.3, 0.4) is 0 Å². The summed E-state index contributed by atoms with van der Waals surface area (Å²) in [5.41, 5.74) is 1.65. The number of carbonyl (C=O) groups is 2. The van der Waals surface area contributed by atoms with Gasteiger partial charge < -0.3 is 24.7 Å². The minimum absolute atomic E-state index is 0.0418. The van der Waals surface area contributed by atoms with Gasteiger partial charge in [0.2, 0.25) is 11.8 Å². The quantitative estimate of drug-likeness (QED) is 0.455. The summed E-state index contributed by atoms with van der Waals surface area (Å²) in [4.78, 5) is 34.1. The van der Waals surface area contributed by atoms with Gasteiger partial charge in [0.15, 0.2) is 0 Å². The van der Waals surface area contributed by atoms with Crippen molar-refractivity contribution in [2.75, 3.05) is 52.5 Å². The first-order valence-corrected chi connectivity index (χ1v) is 12.4. The van der Waals surface area contributed by atoms with E-state index < -0.39 is 17.4 Å². The lowest BCUT2D eigenvalue weighted by Gasteiger charge is -2.27. The number of amides is 2. The number of carbonyl (C=O) groups excluding carboxylic acids is 2. The van der Waals surface area contributed by atoms with Gasteiger partial charge in [-0.05, 0) is 31.0 Å². The van der Waals surface area contributed by atoms with Crippen molar-refractivity contribution >= 4 is 22.7 Å². The van der Waals surface area contributed by atoms with Crippen LogP contribution < -0.4 is 5.32 Å². The fraction of sp³-hybridized carbons (Fsp3) is 0.538. The number of fused-ring (bicyclic) bond motifs is 2. The fourth-order valence-corrected chi connectivity index (χ4v) is 6.12. The molecule has 2 aromatic rings. The molecule has 1 aromatic carbocycles. The van der Waals surface area contributed by atoms with E-state index in [1.807, 2.05) is 35.4 Å². The molecule has 2 bridgehead atoms. The maximum absolute atomic E-state index is 13.5. The molecule has 8 heteroatoms. The van der Waals surface area contributed by atoms with Crippen LogP contribution in [0.25, 0.3) is 10.9 Å². The van der Waals surface area contributed by atoms with Gasteiger partial charge in [0, 0.05) is 43.3 Å². The highest BCUT2D eigenvalue weighted by Crippen LogP contribution is 2.51. The van der Waals surface area contributed by atoms with E-state index in [9.17, 15) is 9.59 Å². The molecule has 3 fully saturated rings. The van der Waals surface area contributed by atoms with Crippen LogP contribution >= 0.6 is 0 Å². The molecule has 0 saturated carbocycles. The first-order chi connectivity index (χ1) is 16.6. The third-order valence-electron chi connectivity index (χ3n) is 7.86. The van der Waals surface area contributed by atoms with Gasteiger partial charge in [-0.1, -0.05) is 30.4 Å². The Bertz CT molecular complexity index is 1110. The zero-order chi connectivity index (χ0) is 23.1. The predicted octanol–water partition coefficient (Wildman–Crippen LogP) is 1.33. The average Bonchev–Trinajstić information content (AvgIpc) is 3.61. The van der Waals surface area contributed by atoms with Crippen LogP contribution in [0, 0.1) is 11.8 Å². The molecule has 4 aliphatic heterocycles. The molecule has 4 atom stereocenters. The molecule has 0 aliphatic carbocycles. The normalized spacial score (nSPS) is 30.4. The van der Waals surface area contributed by atoms with Crippen LogP contribution in [0.1, 0.15) is 12.0 Å². The van der Waals surface area contributed by atoms with E-state index in [-0.39, 0.29) is 17.9 Å². The molecule has 1 spiro atoms. The number of hydrogen-bond donors (Lipinski definition) is 2. The van der Waals surface area contributed by atoms with Gasteiger partial charge in [-0.15, -0.1) is 0 Å². The van der Waals surface area contributed by atoms with Crippen molar-refractivity contribution in [3.05, 3.63) is 48.2 Å². The SMILES string of the molecule is O=C(NCCCN1CCOCC1)[C@H]1[C@H]2C(=O)N(CCc3c[nH]c4ccccc34)C[C@]23C=C[C@H]1O3. The number of ether oxygens (including phenoxy) is 2. The number of nitrogens with zero attached hydrogens (tertiary/aromatic N) is 2. The van der Waals surface area contributed by atoms with Crippen molar-refractivity contribution in [1.82, 2.24) is 20.1 Å². The van der Waals surface area contributed by atoms with E-state index in [1.165, 1.54) is 10.9 Å². The Kier molecular flexibility index (Phi) is 5.67. The zero-order valence-corrected chi connectivity index (χ0v) is 19.4. The van der Waals surface area contributed by atoms with Gasteiger partial charge in [-0.3, -0.25) is 14.5 Å². The number of hydrogen-bond acceptors (Lipinski definition) is 5. The highest BCUT2D eigenvalue weighted by atomic mass is 16.5. The Morgan fingerprint density at radius 2 is 2.06 bits per heavy atom. The summed E-state index contributed by atoms with van der Waals surface area (Å²) in [6, 6.07) is 8.21. The molecule has 0 radical (unpaired) electrons. The van der Waals surface area contributed by atoms with E-state index in [0.29, 0.717) is 19.6 Å². The summed E-state index contributed by atoms with van der Waals surface area (Å²) in [5.74, 6) is -0.890. The third kappa shape index (κ3) is 3.74. The Hall–Kier alpha value is -2.68. The molecule has 0 unspecified atom stereocenters. The maximum atomic E-state index is 13.5. The molecule has 4 aliphatic rings. The number of H-pyrrole nitrogens is 1. The highest BCUT2D eigenvalue weighted by Gasteiger charge is 2.66. The molecule has 2 amide bonds. The van der Waals surface area contributed by atoms with Crippen LogP contribution in [0.5, 0.6) is 0 Å². The molecular weight excluding hydrogens is 432 g/mol. The van der Waals surface area contributed by atoms with E-state index in [2.05, 4.69) is 27.3 Å². The van der Waals surface area contributed by atoms with Crippen LogP contribution in [0.15, 0.2) is 42.6 Å². The fourth-order valence-electron chi connectivity index (χ4n) is 6.12. The Morgan fingerprint density at radius 3 is 2.94 bits per heavy atom. The average molecular weight is 465 g/mol. The van der Waals surface area contributed by atoms with Crippen LogP contribution in [-0.2, 0) is 25.5 Å². The highest BCUT2D eigenvalue weighted by molar-refractivity contribution is 5.93. The van der Waals surface area contributed by atoms with Crippen molar-refractivity contribution in [2.45, 2.75) is 24.5 Å². The van der Waals surface area contributed by atoms with Crippen LogP contribution in [-0.4, -0.2) is 90.8 Å². The summed E-state index contributed by atoms with van der Waals surface area (Å²) < 4.78 is 11.7. The molecule has 34 heavy (non-hydrogen) atoms. The van der Waals surface area contributed by atoms with Gasteiger partial charge in [0.05, 0.1) is 37.7 Å². The van der Waals surface area contributed by atoms with E-state index >= 15 is 0 Å². The second-order valence-corrected chi connectivity index (χ2v) is 9.87. The molecule has 1 aromatic heterocycles. The van der Waals surface area contributed by atoms with Crippen molar-refractivity contribution in [3.63, 3.8) is 0 Å². The number of aromatic nitrogens is 1. The Balaban J connectivity index is 1.07. The maximum Gasteiger partial charge on any atom is 0.230 e. The largest absolute Gasteiger partial charge is 0.379 e. The molecule has 3 saturated heterocycles. The van der Waals surface area contributed by atoms with Crippen molar-refractivity contribution in [2.24, 2.45) is 11.8 Å². The van der Waals surface area contributed by atoms with E-state index in [1.54, 1.807) is 0 Å². The number of rotatable bonds is 8.